The van der Waals surface area contributed by atoms with Gasteiger partial charge in [0.25, 0.3) is 0 Å². The molecule has 0 aromatic heterocycles. The maximum absolute atomic E-state index is 11.9. The van der Waals surface area contributed by atoms with Gasteiger partial charge in [-0.25, -0.2) is 4.79 Å². The molecule has 0 atom stereocenters. The molecule has 194 valence electrons. The molecule has 3 aliphatic heterocycles. The Labute approximate surface area is 217 Å². The molecular formula is C28H23NO9. The normalized spacial score (nSPS) is 13.9. The Hall–Kier alpha value is -5.12. The lowest BCUT2D eigenvalue weighted by Gasteiger charge is -2.04. The summed E-state index contributed by atoms with van der Waals surface area (Å²) in [5.74, 6) is 3.05. The summed E-state index contributed by atoms with van der Waals surface area (Å²) in [4.78, 5) is 22.2. The zero-order valence-corrected chi connectivity index (χ0v) is 20.0. The predicted molar refractivity (Wildman–Crippen MR) is 135 cm³/mol. The number of rotatable bonds is 6. The van der Waals surface area contributed by atoms with Gasteiger partial charge in [0.05, 0.1) is 0 Å². The van der Waals surface area contributed by atoms with Crippen molar-refractivity contribution in [2.24, 2.45) is 0 Å². The van der Waals surface area contributed by atoms with Crippen LogP contribution in [0.4, 0.5) is 0 Å². The summed E-state index contributed by atoms with van der Waals surface area (Å²) >= 11 is 0. The number of ether oxygens (including phenoxy) is 6. The molecule has 10 nitrogen and oxygen atoms in total. The van der Waals surface area contributed by atoms with Gasteiger partial charge in [-0.1, -0.05) is 18.2 Å². The third-order valence-electron chi connectivity index (χ3n) is 5.54. The number of nitrogens with one attached hydrogen (secondary N) is 1. The fourth-order valence-electron chi connectivity index (χ4n) is 3.67. The molecule has 1 amide bonds. The average Bonchev–Trinajstić information content (AvgIpc) is 3.69. The van der Waals surface area contributed by atoms with Crippen LogP contribution in [-0.4, -0.2) is 37.4 Å². The summed E-state index contributed by atoms with van der Waals surface area (Å²) in [5.41, 5.74) is 2.60. The van der Waals surface area contributed by atoms with Gasteiger partial charge in [0.1, 0.15) is 0 Å². The summed E-state index contributed by atoms with van der Waals surface area (Å²) in [6.45, 7) is 1.12. The second-order valence-corrected chi connectivity index (χ2v) is 8.14. The first-order valence-electron chi connectivity index (χ1n) is 11.6. The Balaban J connectivity index is 0.000000179. The molecule has 0 radical (unpaired) electrons. The van der Waals surface area contributed by atoms with Gasteiger partial charge < -0.3 is 38.8 Å². The smallest absolute Gasteiger partial charge is 0.328 e. The molecule has 10 heteroatoms. The summed E-state index contributed by atoms with van der Waals surface area (Å²) in [6.07, 6.45) is 5.81. The molecule has 0 unspecified atom stereocenters. The first-order valence-corrected chi connectivity index (χ1v) is 11.6. The fraction of sp³-hybridized carbons (Fsp3) is 0.143. The van der Waals surface area contributed by atoms with E-state index >= 15 is 0 Å². The standard InChI is InChI=1S/C18H15NO5.C10H8O4/c20-18(6-3-12-1-4-14-16(7-12)23-10-21-14)19-9-13-2-5-15-17(8-13)24-11-22-15;11-10(12)4-2-7-1-3-8-9(5-7)14-6-13-8/h1-8H,9-11H2,(H,19,20);1-5H,6H2,(H,11,12). The van der Waals surface area contributed by atoms with Gasteiger partial charge in [0.15, 0.2) is 34.5 Å². The van der Waals surface area contributed by atoms with Crippen molar-refractivity contribution in [1.82, 2.24) is 5.32 Å². The fourth-order valence-corrected chi connectivity index (χ4v) is 3.67. The molecule has 3 heterocycles. The number of benzene rings is 3. The summed E-state index contributed by atoms with van der Waals surface area (Å²) in [6, 6.07) is 16.4. The van der Waals surface area contributed by atoms with Crippen molar-refractivity contribution < 1.29 is 43.1 Å². The highest BCUT2D eigenvalue weighted by Gasteiger charge is 2.14. The lowest BCUT2D eigenvalue weighted by molar-refractivity contribution is -0.131. The summed E-state index contributed by atoms with van der Waals surface area (Å²) in [7, 11) is 0. The van der Waals surface area contributed by atoms with Crippen LogP contribution < -0.4 is 33.7 Å². The first kappa shape index (κ1) is 24.6. The van der Waals surface area contributed by atoms with Crippen LogP contribution in [0.5, 0.6) is 34.5 Å². The zero-order chi connectivity index (χ0) is 26.3. The Kier molecular flexibility index (Phi) is 7.30. The topological polar surface area (TPSA) is 122 Å². The van der Waals surface area contributed by atoms with Crippen LogP contribution in [0, 0.1) is 0 Å². The van der Waals surface area contributed by atoms with Gasteiger partial charge in [0.2, 0.25) is 26.3 Å². The molecule has 2 N–H and O–H groups in total. The molecule has 0 bridgehead atoms. The number of hydrogen-bond acceptors (Lipinski definition) is 8. The van der Waals surface area contributed by atoms with Gasteiger partial charge in [0, 0.05) is 18.7 Å². The second kappa shape index (κ2) is 11.3. The van der Waals surface area contributed by atoms with Crippen LogP contribution in [0.1, 0.15) is 16.7 Å². The molecule has 0 saturated carbocycles. The minimum atomic E-state index is -0.970. The second-order valence-electron chi connectivity index (χ2n) is 8.14. The van der Waals surface area contributed by atoms with Crippen LogP contribution in [0.25, 0.3) is 12.2 Å². The first-order chi connectivity index (χ1) is 18.5. The van der Waals surface area contributed by atoms with E-state index in [2.05, 4.69) is 5.32 Å². The van der Waals surface area contributed by atoms with Crippen LogP contribution in [-0.2, 0) is 16.1 Å². The van der Waals surface area contributed by atoms with Crippen molar-refractivity contribution in [3.63, 3.8) is 0 Å². The maximum atomic E-state index is 11.9. The average molecular weight is 517 g/mol. The van der Waals surface area contributed by atoms with Crippen LogP contribution in [0.3, 0.4) is 0 Å². The van der Waals surface area contributed by atoms with Crippen LogP contribution >= 0.6 is 0 Å². The van der Waals surface area contributed by atoms with E-state index in [1.165, 1.54) is 12.2 Å². The van der Waals surface area contributed by atoms with E-state index in [1.54, 1.807) is 24.3 Å². The van der Waals surface area contributed by atoms with E-state index < -0.39 is 5.97 Å². The highest BCUT2D eigenvalue weighted by Crippen LogP contribution is 2.34. The van der Waals surface area contributed by atoms with Crippen molar-refractivity contribution in [1.29, 1.82) is 0 Å². The Morgan fingerprint density at radius 2 is 1.13 bits per heavy atom. The number of aliphatic carboxylic acids is 1. The molecule has 3 aromatic carbocycles. The van der Waals surface area contributed by atoms with E-state index in [1.807, 2.05) is 36.4 Å². The Morgan fingerprint density at radius 3 is 1.68 bits per heavy atom. The summed E-state index contributed by atoms with van der Waals surface area (Å²) < 4.78 is 31.4. The van der Waals surface area contributed by atoms with Crippen molar-refractivity contribution in [3.8, 4) is 34.5 Å². The SMILES string of the molecule is O=C(C=Cc1ccc2c(c1)OCO2)NCc1ccc2c(c1)OCO2.O=C(O)C=Cc1ccc2c(c1)OCO2. The minimum absolute atomic E-state index is 0.176. The van der Waals surface area contributed by atoms with Crippen molar-refractivity contribution in [2.75, 3.05) is 20.4 Å². The number of fused-ring (bicyclic) bond motifs is 3. The zero-order valence-electron chi connectivity index (χ0n) is 20.0. The maximum Gasteiger partial charge on any atom is 0.328 e. The quantitative estimate of drug-likeness (QED) is 0.468. The third-order valence-corrected chi connectivity index (χ3v) is 5.54. The predicted octanol–water partition coefficient (Wildman–Crippen LogP) is 3.99. The molecule has 3 aromatic rings. The number of carbonyl (C=O) groups excluding carboxylic acids is 1. The van der Waals surface area contributed by atoms with Gasteiger partial charge in [-0.15, -0.1) is 0 Å². The molecule has 0 aliphatic carbocycles. The lowest BCUT2D eigenvalue weighted by Crippen LogP contribution is -2.20. The number of hydrogen-bond donors (Lipinski definition) is 2. The molecule has 38 heavy (non-hydrogen) atoms. The molecule has 3 aliphatic rings. The van der Waals surface area contributed by atoms with E-state index in [-0.39, 0.29) is 26.3 Å². The monoisotopic (exact) mass is 517 g/mol. The lowest BCUT2D eigenvalue weighted by atomic mass is 10.2. The van der Waals surface area contributed by atoms with E-state index in [4.69, 9.17) is 33.5 Å². The van der Waals surface area contributed by atoms with Crippen molar-refractivity contribution in [2.45, 2.75) is 6.54 Å². The number of carboxylic acids is 1. The third kappa shape index (κ3) is 6.16. The largest absolute Gasteiger partial charge is 0.478 e. The number of amides is 1. The van der Waals surface area contributed by atoms with E-state index in [0.717, 1.165) is 34.3 Å². The Morgan fingerprint density at radius 1 is 0.658 bits per heavy atom. The van der Waals surface area contributed by atoms with Gasteiger partial charge in [-0.3, -0.25) is 4.79 Å². The van der Waals surface area contributed by atoms with Gasteiger partial charge in [-0.2, -0.15) is 0 Å². The van der Waals surface area contributed by atoms with E-state index in [9.17, 15) is 9.59 Å². The van der Waals surface area contributed by atoms with Gasteiger partial charge in [-0.05, 0) is 65.2 Å². The minimum Gasteiger partial charge on any atom is -0.478 e. The Bertz CT molecular complexity index is 1410. The van der Waals surface area contributed by atoms with E-state index in [0.29, 0.717) is 29.5 Å². The van der Waals surface area contributed by atoms with Gasteiger partial charge >= 0.3 is 5.97 Å². The molecule has 6 rings (SSSR count). The van der Waals surface area contributed by atoms with Crippen molar-refractivity contribution in [3.05, 3.63) is 83.4 Å². The summed E-state index contributed by atoms with van der Waals surface area (Å²) in [5, 5.41) is 11.3. The number of carboxylic acid groups (broad SMARTS) is 1. The van der Waals surface area contributed by atoms with Crippen molar-refractivity contribution >= 4 is 24.0 Å². The molecule has 0 fully saturated rings. The number of carbonyl (C=O) groups is 2. The molecular weight excluding hydrogens is 494 g/mol. The highest BCUT2D eigenvalue weighted by atomic mass is 16.7. The van der Waals surface area contributed by atoms with Crippen LogP contribution in [0.15, 0.2) is 66.7 Å². The molecule has 0 saturated heterocycles. The highest BCUT2D eigenvalue weighted by molar-refractivity contribution is 5.91. The molecule has 0 spiro atoms. The van der Waals surface area contributed by atoms with Crippen LogP contribution in [0.2, 0.25) is 0 Å².